The van der Waals surface area contributed by atoms with E-state index in [1.807, 2.05) is 0 Å². The predicted octanol–water partition coefficient (Wildman–Crippen LogP) is 3.94. The summed E-state index contributed by atoms with van der Waals surface area (Å²) in [6.45, 7) is -0.865. The van der Waals surface area contributed by atoms with Gasteiger partial charge in [0.1, 0.15) is 35.5 Å². The maximum absolute atomic E-state index is 13.5. The van der Waals surface area contributed by atoms with Crippen molar-refractivity contribution in [3.05, 3.63) is 53.6 Å². The van der Waals surface area contributed by atoms with Crippen molar-refractivity contribution in [1.82, 2.24) is 14.9 Å². The average molecular weight is 491 g/mol. The molecule has 0 aliphatic carbocycles. The third-order valence-corrected chi connectivity index (χ3v) is 5.67. The van der Waals surface area contributed by atoms with Gasteiger partial charge in [-0.25, -0.2) is 4.98 Å². The molecule has 4 heterocycles. The molecule has 0 bridgehead atoms. The highest BCUT2D eigenvalue weighted by atomic mass is 19.4. The first-order valence-electron chi connectivity index (χ1n) is 10.2. The minimum Gasteiger partial charge on any atom is -0.491 e. The zero-order valence-corrected chi connectivity index (χ0v) is 17.5. The van der Waals surface area contributed by atoms with E-state index in [2.05, 4.69) is 14.7 Å². The van der Waals surface area contributed by atoms with Crippen molar-refractivity contribution in [2.45, 2.75) is 36.9 Å². The Morgan fingerprint density at radius 3 is 2.68 bits per heavy atom. The Balaban J connectivity index is 1.52. The number of amides is 1. The number of hydrogen-bond donors (Lipinski definition) is 0. The van der Waals surface area contributed by atoms with E-state index in [-0.39, 0.29) is 19.9 Å². The molecule has 0 N–H and O–H groups in total. The second-order valence-corrected chi connectivity index (χ2v) is 7.80. The van der Waals surface area contributed by atoms with E-state index >= 15 is 0 Å². The van der Waals surface area contributed by atoms with Crippen LogP contribution in [0.3, 0.4) is 0 Å². The Labute approximate surface area is 189 Å². The van der Waals surface area contributed by atoms with Crippen LogP contribution in [0.4, 0.5) is 26.3 Å². The van der Waals surface area contributed by atoms with E-state index in [4.69, 9.17) is 9.47 Å². The molecule has 2 saturated heterocycles. The van der Waals surface area contributed by atoms with E-state index in [0.717, 1.165) is 0 Å². The van der Waals surface area contributed by atoms with Crippen molar-refractivity contribution >= 4 is 5.91 Å². The molecule has 0 spiro atoms. The number of rotatable bonds is 5. The molecule has 4 rings (SSSR count). The summed E-state index contributed by atoms with van der Waals surface area (Å²) in [6.07, 6.45) is -9.07. The normalized spacial score (nSPS) is 23.0. The van der Waals surface area contributed by atoms with Gasteiger partial charge in [-0.2, -0.15) is 26.3 Å². The summed E-state index contributed by atoms with van der Waals surface area (Å²) in [5.74, 6) is -1.66. The largest absolute Gasteiger partial charge is 0.491 e. The molecule has 0 radical (unpaired) electrons. The summed E-state index contributed by atoms with van der Waals surface area (Å²) >= 11 is 0. The number of carbonyl (C=O) groups excluding carboxylic acids is 1. The summed E-state index contributed by atoms with van der Waals surface area (Å²) < 4.78 is 93.6. The monoisotopic (exact) mass is 491 g/mol. The standard InChI is InChI=1S/C21H19F6N3O4/c22-20(23,24)5-8-32-15-10-29-14(9-13(15)21(25,26)27)18(31)30-7-4-19(16-3-1-2-6-28-16)17(11-30)33-12-34-19/h1-3,6,9-10,17H,4-5,7-8,11-12H2/t17-,19+/m0/s1. The van der Waals surface area contributed by atoms with Crippen molar-refractivity contribution in [2.75, 3.05) is 26.5 Å². The van der Waals surface area contributed by atoms with E-state index in [1.165, 1.54) is 4.90 Å². The summed E-state index contributed by atoms with van der Waals surface area (Å²) in [5, 5.41) is 0. The van der Waals surface area contributed by atoms with Gasteiger partial charge in [-0.15, -0.1) is 0 Å². The molecular weight excluding hydrogens is 472 g/mol. The quantitative estimate of drug-likeness (QED) is 0.590. The third-order valence-electron chi connectivity index (χ3n) is 5.67. The molecule has 13 heteroatoms. The number of carbonyl (C=O) groups is 1. The molecule has 2 aromatic heterocycles. The lowest BCUT2D eigenvalue weighted by Gasteiger charge is -2.41. The van der Waals surface area contributed by atoms with Crippen LogP contribution in [0.1, 0.15) is 34.6 Å². The summed E-state index contributed by atoms with van der Waals surface area (Å²) in [6, 6.07) is 5.78. The van der Waals surface area contributed by atoms with Crippen LogP contribution in [0.15, 0.2) is 36.7 Å². The second kappa shape index (κ2) is 9.02. The minimum atomic E-state index is -4.97. The SMILES string of the molecule is O=C(c1cc(C(F)(F)F)c(OCCC(F)(F)F)cn1)N1CC[C@]2(c3ccccn3)OCO[C@H]2C1. The van der Waals surface area contributed by atoms with Crippen molar-refractivity contribution in [3.8, 4) is 5.75 Å². The molecule has 34 heavy (non-hydrogen) atoms. The molecule has 0 saturated carbocycles. The lowest BCUT2D eigenvalue weighted by atomic mass is 9.85. The van der Waals surface area contributed by atoms with Crippen molar-refractivity contribution in [2.24, 2.45) is 0 Å². The number of pyridine rings is 2. The van der Waals surface area contributed by atoms with Gasteiger partial charge in [0.05, 0.1) is 31.5 Å². The zero-order valence-electron chi connectivity index (χ0n) is 17.5. The number of halogens is 6. The molecule has 7 nitrogen and oxygen atoms in total. The first kappa shape index (κ1) is 24.2. The number of ether oxygens (including phenoxy) is 3. The van der Waals surface area contributed by atoms with E-state index in [1.54, 1.807) is 24.4 Å². The number of likely N-dealkylation sites (tertiary alicyclic amines) is 1. The Morgan fingerprint density at radius 2 is 2.00 bits per heavy atom. The topological polar surface area (TPSA) is 73.8 Å². The smallest absolute Gasteiger partial charge is 0.420 e. The molecule has 1 amide bonds. The molecule has 0 unspecified atom stereocenters. The molecule has 2 aliphatic heterocycles. The first-order chi connectivity index (χ1) is 16.0. The van der Waals surface area contributed by atoms with Crippen molar-refractivity contribution < 1.29 is 45.3 Å². The fraction of sp³-hybridized carbons (Fsp3) is 0.476. The van der Waals surface area contributed by atoms with Crippen LogP contribution in [-0.2, 0) is 21.3 Å². The van der Waals surface area contributed by atoms with E-state index < -0.39 is 60.0 Å². The van der Waals surface area contributed by atoms with Gasteiger partial charge < -0.3 is 19.1 Å². The van der Waals surface area contributed by atoms with Crippen molar-refractivity contribution in [3.63, 3.8) is 0 Å². The lowest BCUT2D eigenvalue weighted by molar-refractivity contribution is -0.143. The molecular formula is C21H19F6N3O4. The van der Waals surface area contributed by atoms with Gasteiger partial charge in [0.2, 0.25) is 0 Å². The van der Waals surface area contributed by atoms with Gasteiger partial charge in [0.25, 0.3) is 5.91 Å². The lowest BCUT2D eigenvalue weighted by Crippen LogP contribution is -2.54. The summed E-state index contributed by atoms with van der Waals surface area (Å²) in [7, 11) is 0. The van der Waals surface area contributed by atoms with Crippen LogP contribution < -0.4 is 4.74 Å². The third kappa shape index (κ3) is 4.94. The van der Waals surface area contributed by atoms with Gasteiger partial charge >= 0.3 is 12.4 Å². The Morgan fingerprint density at radius 1 is 1.21 bits per heavy atom. The fourth-order valence-electron chi connectivity index (χ4n) is 3.97. The van der Waals surface area contributed by atoms with Crippen LogP contribution in [0, 0.1) is 0 Å². The van der Waals surface area contributed by atoms with Gasteiger partial charge in [-0.05, 0) is 18.2 Å². The van der Waals surface area contributed by atoms with E-state index in [9.17, 15) is 31.1 Å². The molecule has 2 fully saturated rings. The van der Waals surface area contributed by atoms with Crippen LogP contribution in [0.2, 0.25) is 0 Å². The molecule has 2 atom stereocenters. The number of hydrogen-bond acceptors (Lipinski definition) is 6. The van der Waals surface area contributed by atoms with Crippen LogP contribution in [0.25, 0.3) is 0 Å². The highest BCUT2D eigenvalue weighted by molar-refractivity contribution is 5.92. The van der Waals surface area contributed by atoms with Crippen LogP contribution in [-0.4, -0.2) is 59.5 Å². The average Bonchev–Trinajstić information content (AvgIpc) is 3.22. The van der Waals surface area contributed by atoms with Gasteiger partial charge in [-0.1, -0.05) is 6.07 Å². The molecule has 2 aliphatic rings. The number of alkyl halides is 6. The second-order valence-electron chi connectivity index (χ2n) is 7.80. The number of nitrogens with zero attached hydrogens (tertiary/aromatic N) is 3. The molecule has 2 aromatic rings. The Kier molecular flexibility index (Phi) is 6.42. The van der Waals surface area contributed by atoms with Crippen LogP contribution in [0.5, 0.6) is 5.75 Å². The predicted molar refractivity (Wildman–Crippen MR) is 103 cm³/mol. The highest BCUT2D eigenvalue weighted by Crippen LogP contribution is 2.42. The van der Waals surface area contributed by atoms with Gasteiger partial charge in [0, 0.05) is 19.2 Å². The van der Waals surface area contributed by atoms with E-state index in [0.29, 0.717) is 24.4 Å². The van der Waals surface area contributed by atoms with Gasteiger partial charge in [-0.3, -0.25) is 9.78 Å². The first-order valence-corrected chi connectivity index (χ1v) is 10.2. The molecule has 184 valence electrons. The fourth-order valence-corrected chi connectivity index (χ4v) is 3.97. The van der Waals surface area contributed by atoms with Crippen molar-refractivity contribution in [1.29, 1.82) is 0 Å². The highest BCUT2D eigenvalue weighted by Gasteiger charge is 2.52. The summed E-state index contributed by atoms with van der Waals surface area (Å²) in [5.41, 5.74) is -2.14. The maximum atomic E-state index is 13.5. The number of piperidine rings is 1. The maximum Gasteiger partial charge on any atom is 0.420 e. The minimum absolute atomic E-state index is 0.0241. The number of fused-ring (bicyclic) bond motifs is 1. The molecule has 0 aromatic carbocycles. The van der Waals surface area contributed by atoms with Crippen LogP contribution >= 0.6 is 0 Å². The summed E-state index contributed by atoms with van der Waals surface area (Å²) in [4.78, 5) is 22.3. The Bertz CT molecular complexity index is 1030. The Hall–Kier alpha value is -2.93. The zero-order chi connectivity index (χ0) is 24.6. The number of aromatic nitrogens is 2. The van der Waals surface area contributed by atoms with Gasteiger partial charge in [0.15, 0.2) is 0 Å².